The van der Waals surface area contributed by atoms with E-state index in [1.54, 1.807) is 24.3 Å². The van der Waals surface area contributed by atoms with Gasteiger partial charge in [0.25, 0.3) is 0 Å². The molecule has 0 amide bonds. The number of nitrogens with zero attached hydrogens (tertiary/aromatic N) is 5. The Morgan fingerprint density at radius 2 is 2.00 bits per heavy atom. The van der Waals surface area contributed by atoms with Crippen molar-refractivity contribution in [2.75, 3.05) is 24.6 Å². The number of benzene rings is 2. The molecule has 0 saturated carbocycles. The van der Waals surface area contributed by atoms with E-state index in [9.17, 15) is 9.18 Å². The van der Waals surface area contributed by atoms with Gasteiger partial charge in [-0.2, -0.15) is 10.2 Å². The van der Waals surface area contributed by atoms with E-state index < -0.39 is 11.4 Å². The molecule has 2 aliphatic rings. The van der Waals surface area contributed by atoms with Gasteiger partial charge in [0.2, 0.25) is 5.88 Å². The Labute approximate surface area is 261 Å². The maximum absolute atomic E-state index is 14.3. The van der Waals surface area contributed by atoms with E-state index in [0.717, 1.165) is 48.7 Å². The van der Waals surface area contributed by atoms with Gasteiger partial charge in [0, 0.05) is 37.7 Å². The summed E-state index contributed by atoms with van der Waals surface area (Å²) in [5.41, 5.74) is 3.60. The summed E-state index contributed by atoms with van der Waals surface area (Å²) in [7, 11) is 0. The van der Waals surface area contributed by atoms with Gasteiger partial charge in [-0.05, 0) is 70.0 Å². The Morgan fingerprint density at radius 1 is 1.16 bits per heavy atom. The molecule has 0 radical (unpaired) electrons. The maximum Gasteiger partial charge on any atom is 0.338 e. The average Bonchev–Trinajstić information content (AvgIpc) is 3.33. The van der Waals surface area contributed by atoms with E-state index in [1.807, 2.05) is 51.1 Å². The van der Waals surface area contributed by atoms with Crippen molar-refractivity contribution in [1.82, 2.24) is 14.5 Å². The van der Waals surface area contributed by atoms with Crippen molar-refractivity contribution in [2.24, 2.45) is 0 Å². The van der Waals surface area contributed by atoms with Crippen molar-refractivity contribution in [3.63, 3.8) is 0 Å². The molecule has 1 atom stereocenters. The van der Waals surface area contributed by atoms with Crippen LogP contribution in [0.2, 0.25) is 0 Å². The Morgan fingerprint density at radius 3 is 2.69 bits per heavy atom. The molecule has 4 heterocycles. The smallest absolute Gasteiger partial charge is 0.338 e. The first kappa shape index (κ1) is 30.3. The van der Waals surface area contributed by atoms with Gasteiger partial charge < -0.3 is 23.7 Å². The Bertz CT molecular complexity index is 1800. The summed E-state index contributed by atoms with van der Waals surface area (Å²) in [4.78, 5) is 24.6. The lowest BCUT2D eigenvalue weighted by atomic mass is 10.0. The number of esters is 1. The van der Waals surface area contributed by atoms with E-state index in [0.29, 0.717) is 36.5 Å². The van der Waals surface area contributed by atoms with Gasteiger partial charge in [-0.15, -0.1) is 0 Å². The number of aromatic nitrogens is 3. The van der Waals surface area contributed by atoms with Crippen molar-refractivity contribution in [3.05, 3.63) is 94.6 Å². The average molecular weight is 610 g/mol. The first-order valence-corrected chi connectivity index (χ1v) is 15.2. The Kier molecular flexibility index (Phi) is 8.55. The fourth-order valence-electron chi connectivity index (χ4n) is 5.44. The lowest BCUT2D eigenvalue weighted by Crippen LogP contribution is -2.32. The molecule has 2 aromatic heterocycles. The second-order valence-corrected chi connectivity index (χ2v) is 12.4. The SMILES string of the molecule is CC(C)(C)OC(=O)c1ccc2nc(CC3=CCN(c4cccc(OCc5ccc(C#N)cc5F)n4)CC3)n(C[C@@H]3CCO3)c2c1. The van der Waals surface area contributed by atoms with E-state index in [1.165, 1.54) is 11.6 Å². The van der Waals surface area contributed by atoms with Crippen LogP contribution in [0.25, 0.3) is 11.0 Å². The van der Waals surface area contributed by atoms with E-state index in [-0.39, 0.29) is 24.2 Å². The molecule has 2 aromatic carbocycles. The molecule has 0 bridgehead atoms. The first-order chi connectivity index (χ1) is 21.6. The molecule has 232 valence electrons. The lowest BCUT2D eigenvalue weighted by molar-refractivity contribution is -0.0589. The van der Waals surface area contributed by atoms with E-state index in [4.69, 9.17) is 24.5 Å². The molecule has 9 nitrogen and oxygen atoms in total. The second kappa shape index (κ2) is 12.7. The van der Waals surface area contributed by atoms with Crippen LogP contribution in [-0.4, -0.2) is 51.9 Å². The third-order valence-electron chi connectivity index (χ3n) is 7.92. The molecule has 0 unspecified atom stereocenters. The van der Waals surface area contributed by atoms with Crippen molar-refractivity contribution >= 4 is 22.8 Å². The van der Waals surface area contributed by atoms with Crippen LogP contribution in [0.4, 0.5) is 10.2 Å². The summed E-state index contributed by atoms with van der Waals surface area (Å²) in [6, 6.07) is 17.4. The van der Waals surface area contributed by atoms with Crippen molar-refractivity contribution < 1.29 is 23.4 Å². The third-order valence-corrected chi connectivity index (χ3v) is 7.92. The molecule has 10 heteroatoms. The predicted octanol–water partition coefficient (Wildman–Crippen LogP) is 6.14. The van der Waals surface area contributed by atoms with Gasteiger partial charge in [-0.3, -0.25) is 0 Å². The zero-order valence-electron chi connectivity index (χ0n) is 25.8. The molecule has 45 heavy (non-hydrogen) atoms. The van der Waals surface area contributed by atoms with Crippen LogP contribution in [0.5, 0.6) is 5.88 Å². The number of rotatable bonds is 9. The van der Waals surface area contributed by atoms with Crippen LogP contribution >= 0.6 is 0 Å². The van der Waals surface area contributed by atoms with E-state index >= 15 is 0 Å². The normalized spacial score (nSPS) is 16.6. The highest BCUT2D eigenvalue weighted by molar-refractivity contribution is 5.94. The number of pyridine rings is 1. The summed E-state index contributed by atoms with van der Waals surface area (Å²) in [6.45, 7) is 8.52. The maximum atomic E-state index is 14.3. The quantitative estimate of drug-likeness (QED) is 0.165. The topological polar surface area (TPSA) is 102 Å². The number of hydrogen-bond acceptors (Lipinski definition) is 8. The number of anilines is 1. The fraction of sp³-hybridized carbons (Fsp3) is 0.371. The number of fused-ring (bicyclic) bond motifs is 1. The highest BCUT2D eigenvalue weighted by Gasteiger charge is 2.25. The minimum absolute atomic E-state index is 0.0181. The largest absolute Gasteiger partial charge is 0.473 e. The van der Waals surface area contributed by atoms with Gasteiger partial charge >= 0.3 is 5.97 Å². The number of halogens is 1. The van der Waals surface area contributed by atoms with Crippen LogP contribution in [-0.2, 0) is 29.0 Å². The molecule has 2 aliphatic heterocycles. The number of carbonyl (C=O) groups is 1. The minimum atomic E-state index is -0.575. The fourth-order valence-corrected chi connectivity index (χ4v) is 5.44. The second-order valence-electron chi connectivity index (χ2n) is 12.4. The highest BCUT2D eigenvalue weighted by Crippen LogP contribution is 2.27. The Balaban J connectivity index is 1.15. The number of carbonyl (C=O) groups excluding carboxylic acids is 1. The number of ether oxygens (including phenoxy) is 3. The van der Waals surface area contributed by atoms with Crippen molar-refractivity contribution in [2.45, 2.75) is 64.9 Å². The summed E-state index contributed by atoms with van der Waals surface area (Å²) in [5, 5.41) is 8.95. The standard InChI is InChI=1S/C35H36FN5O4/c1-35(2,3)45-34(42)25-9-10-29-30(19-25)41(21-27-13-16-43-27)32(38-29)18-23-11-14-40(15-12-23)31-5-4-6-33(39-31)44-22-26-8-7-24(20-37)17-28(26)36/h4-11,17,19,27H,12-16,18,21-22H2,1-3H3/t27-/m0/s1. The molecule has 0 spiro atoms. The zero-order chi connectivity index (χ0) is 31.6. The zero-order valence-corrected chi connectivity index (χ0v) is 25.8. The highest BCUT2D eigenvalue weighted by atomic mass is 19.1. The first-order valence-electron chi connectivity index (χ1n) is 15.2. The monoisotopic (exact) mass is 609 g/mol. The van der Waals surface area contributed by atoms with E-state index in [2.05, 4.69) is 20.5 Å². The number of imidazole rings is 1. The van der Waals surface area contributed by atoms with Crippen molar-refractivity contribution in [3.8, 4) is 11.9 Å². The van der Waals surface area contributed by atoms with Gasteiger partial charge in [0.05, 0.1) is 40.9 Å². The van der Waals surface area contributed by atoms with Crippen LogP contribution in [0.3, 0.4) is 0 Å². The van der Waals surface area contributed by atoms with Gasteiger partial charge in [-0.1, -0.05) is 23.8 Å². The summed E-state index contributed by atoms with van der Waals surface area (Å²) < 4.78 is 33.6. The van der Waals surface area contributed by atoms with Crippen LogP contribution in [0, 0.1) is 17.1 Å². The molecule has 1 fully saturated rings. The summed E-state index contributed by atoms with van der Waals surface area (Å²) in [5.74, 6) is 1.32. The molecular weight excluding hydrogens is 573 g/mol. The van der Waals surface area contributed by atoms with Crippen LogP contribution < -0.4 is 9.64 Å². The van der Waals surface area contributed by atoms with Gasteiger partial charge in [0.1, 0.15) is 29.7 Å². The molecular formula is C35H36FN5O4. The molecule has 4 aromatic rings. The minimum Gasteiger partial charge on any atom is -0.473 e. The third kappa shape index (κ3) is 7.15. The van der Waals surface area contributed by atoms with Crippen LogP contribution in [0.15, 0.2) is 66.2 Å². The number of nitriles is 1. The summed E-state index contributed by atoms with van der Waals surface area (Å²) in [6.07, 6.45) is 4.90. The number of hydrogen-bond donors (Lipinski definition) is 0. The summed E-state index contributed by atoms with van der Waals surface area (Å²) >= 11 is 0. The van der Waals surface area contributed by atoms with Gasteiger partial charge in [-0.25, -0.2) is 14.2 Å². The lowest BCUT2D eigenvalue weighted by Gasteiger charge is -2.29. The molecule has 1 saturated heterocycles. The molecule has 6 rings (SSSR count). The van der Waals surface area contributed by atoms with Gasteiger partial charge in [0.15, 0.2) is 0 Å². The van der Waals surface area contributed by atoms with Crippen molar-refractivity contribution in [1.29, 1.82) is 5.26 Å². The molecule has 0 N–H and O–H groups in total. The predicted molar refractivity (Wildman–Crippen MR) is 168 cm³/mol. The Hall–Kier alpha value is -4.75. The van der Waals surface area contributed by atoms with Crippen LogP contribution in [0.1, 0.15) is 60.9 Å². The molecule has 0 aliphatic carbocycles.